The number of imidazole rings is 1. The lowest BCUT2D eigenvalue weighted by Crippen LogP contribution is -2.26. The van der Waals surface area contributed by atoms with Crippen molar-refractivity contribution in [1.29, 1.82) is 0 Å². The van der Waals surface area contributed by atoms with Gasteiger partial charge in [-0.2, -0.15) is 0 Å². The second-order valence-electron chi connectivity index (χ2n) is 6.36. The SMILES string of the molecule is CCOc1cccn2cc([C@@]34CC[C@@](C)(C3)OC4)nc12. The summed E-state index contributed by atoms with van der Waals surface area (Å²) in [6.07, 6.45) is 7.59. The molecule has 106 valence electrons. The topological polar surface area (TPSA) is 35.8 Å². The lowest BCUT2D eigenvalue weighted by Gasteiger charge is -2.24. The minimum absolute atomic E-state index is 0.0680. The van der Waals surface area contributed by atoms with Gasteiger partial charge in [0.25, 0.3) is 0 Å². The van der Waals surface area contributed by atoms with E-state index < -0.39 is 0 Å². The van der Waals surface area contributed by atoms with Crippen LogP contribution in [-0.4, -0.2) is 28.2 Å². The van der Waals surface area contributed by atoms with E-state index in [1.807, 2.05) is 25.3 Å². The molecule has 2 aromatic heterocycles. The van der Waals surface area contributed by atoms with Gasteiger partial charge in [0.2, 0.25) is 0 Å². The number of aromatic nitrogens is 2. The summed E-state index contributed by atoms with van der Waals surface area (Å²) < 4.78 is 13.7. The molecule has 2 aromatic rings. The fraction of sp³-hybridized carbons (Fsp3) is 0.562. The highest BCUT2D eigenvalue weighted by Gasteiger charge is 2.55. The van der Waals surface area contributed by atoms with Crippen LogP contribution in [0.3, 0.4) is 0 Å². The lowest BCUT2D eigenvalue weighted by molar-refractivity contribution is -0.00627. The average molecular weight is 272 g/mol. The first-order chi connectivity index (χ1) is 9.64. The maximum Gasteiger partial charge on any atom is 0.179 e. The van der Waals surface area contributed by atoms with Gasteiger partial charge in [0, 0.05) is 17.8 Å². The third-order valence-corrected chi connectivity index (χ3v) is 4.83. The van der Waals surface area contributed by atoms with Gasteiger partial charge in [-0.25, -0.2) is 4.98 Å². The van der Waals surface area contributed by atoms with Gasteiger partial charge in [0.15, 0.2) is 11.4 Å². The molecule has 2 aliphatic rings. The summed E-state index contributed by atoms with van der Waals surface area (Å²) in [6.45, 7) is 5.69. The Morgan fingerprint density at radius 1 is 1.45 bits per heavy atom. The van der Waals surface area contributed by atoms with E-state index in [-0.39, 0.29) is 11.0 Å². The predicted octanol–water partition coefficient (Wildman–Crippen LogP) is 2.94. The Balaban J connectivity index is 1.80. The fourth-order valence-corrected chi connectivity index (χ4v) is 3.76. The Bertz CT molecular complexity index is 654. The number of hydrogen-bond donors (Lipinski definition) is 0. The van der Waals surface area contributed by atoms with Crippen molar-refractivity contribution in [3.63, 3.8) is 0 Å². The molecule has 1 aliphatic heterocycles. The van der Waals surface area contributed by atoms with Crippen LogP contribution >= 0.6 is 0 Å². The molecule has 3 heterocycles. The molecule has 4 nitrogen and oxygen atoms in total. The highest BCUT2D eigenvalue weighted by molar-refractivity contribution is 5.55. The second-order valence-corrected chi connectivity index (χ2v) is 6.36. The number of hydrogen-bond acceptors (Lipinski definition) is 3. The van der Waals surface area contributed by atoms with Gasteiger partial charge in [0.05, 0.1) is 24.5 Å². The van der Waals surface area contributed by atoms with E-state index in [1.54, 1.807) is 0 Å². The molecule has 0 aromatic carbocycles. The number of rotatable bonds is 3. The second kappa shape index (κ2) is 3.98. The van der Waals surface area contributed by atoms with E-state index in [4.69, 9.17) is 14.5 Å². The van der Waals surface area contributed by atoms with Crippen LogP contribution in [0.4, 0.5) is 0 Å². The van der Waals surface area contributed by atoms with E-state index >= 15 is 0 Å². The third-order valence-electron chi connectivity index (χ3n) is 4.83. The molecule has 0 amide bonds. The van der Waals surface area contributed by atoms with E-state index in [1.165, 1.54) is 6.42 Å². The normalized spacial score (nSPS) is 32.1. The van der Waals surface area contributed by atoms with Crippen molar-refractivity contribution >= 4 is 5.65 Å². The van der Waals surface area contributed by atoms with Crippen molar-refractivity contribution in [2.75, 3.05) is 13.2 Å². The largest absolute Gasteiger partial charge is 0.490 e. The Kier molecular flexibility index (Phi) is 2.43. The molecule has 0 unspecified atom stereocenters. The Morgan fingerprint density at radius 3 is 3.00 bits per heavy atom. The monoisotopic (exact) mass is 272 g/mol. The highest BCUT2D eigenvalue weighted by Crippen LogP contribution is 2.53. The molecule has 2 bridgehead atoms. The van der Waals surface area contributed by atoms with Crippen molar-refractivity contribution in [2.24, 2.45) is 0 Å². The lowest BCUT2D eigenvalue weighted by atomic mass is 9.84. The smallest absolute Gasteiger partial charge is 0.179 e. The molecule has 0 N–H and O–H groups in total. The number of nitrogens with zero attached hydrogens (tertiary/aromatic N) is 2. The van der Waals surface area contributed by atoms with Gasteiger partial charge in [-0.05, 0) is 45.2 Å². The van der Waals surface area contributed by atoms with Crippen LogP contribution in [-0.2, 0) is 10.2 Å². The van der Waals surface area contributed by atoms with Crippen LogP contribution in [0.5, 0.6) is 5.75 Å². The molecule has 1 saturated carbocycles. The summed E-state index contributed by atoms with van der Waals surface area (Å²) in [6, 6.07) is 3.99. The molecule has 0 spiro atoms. The molecule has 2 fully saturated rings. The van der Waals surface area contributed by atoms with Crippen molar-refractivity contribution in [3.8, 4) is 5.75 Å². The van der Waals surface area contributed by atoms with E-state index in [9.17, 15) is 0 Å². The number of ether oxygens (including phenoxy) is 2. The summed E-state index contributed by atoms with van der Waals surface area (Å²) in [5, 5.41) is 0. The summed E-state index contributed by atoms with van der Waals surface area (Å²) in [4.78, 5) is 4.87. The van der Waals surface area contributed by atoms with Crippen LogP contribution in [0.2, 0.25) is 0 Å². The minimum atomic E-state index is 0.0680. The molecule has 1 saturated heterocycles. The van der Waals surface area contributed by atoms with Crippen LogP contribution in [0.15, 0.2) is 24.5 Å². The molecule has 4 rings (SSSR count). The Hall–Kier alpha value is -1.55. The molecule has 20 heavy (non-hydrogen) atoms. The molecular formula is C16H20N2O2. The maximum absolute atomic E-state index is 5.99. The number of pyridine rings is 1. The van der Waals surface area contributed by atoms with Crippen LogP contribution < -0.4 is 4.74 Å². The Morgan fingerprint density at radius 2 is 2.35 bits per heavy atom. The molecule has 0 radical (unpaired) electrons. The molecule has 1 aliphatic carbocycles. The van der Waals surface area contributed by atoms with Crippen LogP contribution in [0.1, 0.15) is 38.8 Å². The zero-order valence-corrected chi connectivity index (χ0v) is 12.1. The molecule has 4 heteroatoms. The maximum atomic E-state index is 5.99. The first kappa shape index (κ1) is 12.2. The third kappa shape index (κ3) is 1.61. The quantitative estimate of drug-likeness (QED) is 0.862. The highest BCUT2D eigenvalue weighted by atomic mass is 16.5. The summed E-state index contributed by atoms with van der Waals surface area (Å²) in [5.41, 5.74) is 2.26. The first-order valence-electron chi connectivity index (χ1n) is 7.39. The standard InChI is InChI=1S/C16H20N2O2/c1-3-19-12-5-4-8-18-9-13(17-14(12)18)16-7-6-15(2,10-16)20-11-16/h4-5,8-9H,3,6-7,10-11H2,1-2H3/t15-,16-/m0/s1. The van der Waals surface area contributed by atoms with E-state index in [0.29, 0.717) is 6.61 Å². The van der Waals surface area contributed by atoms with Crippen molar-refractivity contribution in [1.82, 2.24) is 9.38 Å². The van der Waals surface area contributed by atoms with Gasteiger partial charge in [-0.15, -0.1) is 0 Å². The minimum Gasteiger partial charge on any atom is -0.490 e. The van der Waals surface area contributed by atoms with Crippen LogP contribution in [0, 0.1) is 0 Å². The van der Waals surface area contributed by atoms with Gasteiger partial charge < -0.3 is 13.9 Å². The van der Waals surface area contributed by atoms with Gasteiger partial charge in [-0.3, -0.25) is 0 Å². The zero-order chi connectivity index (χ0) is 13.8. The van der Waals surface area contributed by atoms with E-state index in [2.05, 4.69) is 17.5 Å². The summed E-state index contributed by atoms with van der Waals surface area (Å²) >= 11 is 0. The van der Waals surface area contributed by atoms with Crippen molar-refractivity contribution in [3.05, 3.63) is 30.2 Å². The van der Waals surface area contributed by atoms with Gasteiger partial charge in [-0.1, -0.05) is 0 Å². The van der Waals surface area contributed by atoms with E-state index in [0.717, 1.165) is 36.5 Å². The zero-order valence-electron chi connectivity index (χ0n) is 12.1. The van der Waals surface area contributed by atoms with Crippen LogP contribution in [0.25, 0.3) is 5.65 Å². The summed E-state index contributed by atoms with van der Waals surface area (Å²) in [5.74, 6) is 0.859. The van der Waals surface area contributed by atoms with Gasteiger partial charge in [0.1, 0.15) is 0 Å². The molecular weight excluding hydrogens is 252 g/mol. The van der Waals surface area contributed by atoms with Crippen molar-refractivity contribution < 1.29 is 9.47 Å². The number of fused-ring (bicyclic) bond motifs is 3. The van der Waals surface area contributed by atoms with Gasteiger partial charge >= 0.3 is 0 Å². The average Bonchev–Trinajstić information content (AvgIpc) is 3.09. The van der Waals surface area contributed by atoms with Crippen molar-refractivity contribution in [2.45, 2.75) is 44.1 Å². The molecule has 2 atom stereocenters. The Labute approximate surface area is 118 Å². The summed E-state index contributed by atoms with van der Waals surface area (Å²) in [7, 11) is 0. The first-order valence-corrected chi connectivity index (χ1v) is 7.39. The fourth-order valence-electron chi connectivity index (χ4n) is 3.76. The predicted molar refractivity (Wildman–Crippen MR) is 76.2 cm³/mol.